The zero-order valence-electron chi connectivity index (χ0n) is 12.1. The molecule has 1 aromatic heterocycles. The third-order valence-corrected chi connectivity index (χ3v) is 5.25. The molecular weight excluding hydrogens is 322 g/mol. The Kier molecular flexibility index (Phi) is 3.73. The standard InChI is InChI=1S/C16H12F2N2O2S/c1-20(16-10-12(17)4-6-14(16)18)23(21,22)13-5-7-15-11(9-13)3-2-8-19-15/h2-10H,1H3. The van der Waals surface area contributed by atoms with Crippen LogP contribution in [0.3, 0.4) is 0 Å². The molecule has 0 aliphatic rings. The fraction of sp³-hybridized carbons (Fsp3) is 0.0625. The third-order valence-electron chi connectivity index (χ3n) is 3.48. The number of pyridine rings is 1. The normalized spacial score (nSPS) is 11.6. The molecular formula is C16H12F2N2O2S. The van der Waals surface area contributed by atoms with Gasteiger partial charge < -0.3 is 0 Å². The second-order valence-corrected chi connectivity index (χ2v) is 6.90. The van der Waals surface area contributed by atoms with Crippen LogP contribution in [-0.4, -0.2) is 20.4 Å². The third kappa shape index (κ3) is 2.75. The summed E-state index contributed by atoms with van der Waals surface area (Å²) in [5, 5.41) is 0.640. The van der Waals surface area contributed by atoms with Crippen molar-refractivity contribution in [2.45, 2.75) is 4.90 Å². The van der Waals surface area contributed by atoms with Gasteiger partial charge in [-0.3, -0.25) is 9.29 Å². The van der Waals surface area contributed by atoms with Gasteiger partial charge in [0, 0.05) is 24.7 Å². The molecule has 0 aliphatic carbocycles. The molecule has 1 heterocycles. The quantitative estimate of drug-likeness (QED) is 0.738. The molecule has 4 nitrogen and oxygen atoms in total. The van der Waals surface area contributed by atoms with Crippen LogP contribution in [0.15, 0.2) is 59.6 Å². The Balaban J connectivity index is 2.10. The second-order valence-electron chi connectivity index (χ2n) is 4.93. The molecule has 0 fully saturated rings. The van der Waals surface area contributed by atoms with E-state index in [1.165, 1.54) is 19.2 Å². The smallest absolute Gasteiger partial charge is 0.264 e. The maximum Gasteiger partial charge on any atom is 0.264 e. The summed E-state index contributed by atoms with van der Waals surface area (Å²) < 4.78 is 53.2. The van der Waals surface area contributed by atoms with Crippen molar-refractivity contribution in [1.82, 2.24) is 4.98 Å². The predicted molar refractivity (Wildman–Crippen MR) is 83.7 cm³/mol. The highest BCUT2D eigenvalue weighted by atomic mass is 32.2. The largest absolute Gasteiger partial charge is 0.266 e. The van der Waals surface area contributed by atoms with Gasteiger partial charge in [0.2, 0.25) is 0 Å². The van der Waals surface area contributed by atoms with E-state index >= 15 is 0 Å². The van der Waals surface area contributed by atoms with Crippen molar-refractivity contribution in [2.75, 3.05) is 11.4 Å². The molecule has 118 valence electrons. The van der Waals surface area contributed by atoms with Gasteiger partial charge in [0.15, 0.2) is 0 Å². The Labute approximate surface area is 132 Å². The molecule has 0 saturated carbocycles. The van der Waals surface area contributed by atoms with Crippen LogP contribution in [0.5, 0.6) is 0 Å². The van der Waals surface area contributed by atoms with Gasteiger partial charge in [-0.05, 0) is 36.4 Å². The van der Waals surface area contributed by atoms with Crippen LogP contribution in [0.2, 0.25) is 0 Å². The molecule has 0 unspecified atom stereocenters. The first kappa shape index (κ1) is 15.4. The van der Waals surface area contributed by atoms with Crippen molar-refractivity contribution in [3.63, 3.8) is 0 Å². The predicted octanol–water partition coefficient (Wildman–Crippen LogP) is 3.34. The lowest BCUT2D eigenvalue weighted by Crippen LogP contribution is -2.27. The fourth-order valence-corrected chi connectivity index (χ4v) is 3.46. The highest BCUT2D eigenvalue weighted by Gasteiger charge is 2.24. The van der Waals surface area contributed by atoms with E-state index in [-0.39, 0.29) is 10.6 Å². The number of aromatic nitrogens is 1. The molecule has 0 radical (unpaired) electrons. The molecule has 7 heteroatoms. The van der Waals surface area contributed by atoms with Crippen molar-refractivity contribution in [2.24, 2.45) is 0 Å². The highest BCUT2D eigenvalue weighted by Crippen LogP contribution is 2.27. The molecule has 0 N–H and O–H groups in total. The summed E-state index contributed by atoms with van der Waals surface area (Å²) >= 11 is 0. The lowest BCUT2D eigenvalue weighted by atomic mass is 10.2. The van der Waals surface area contributed by atoms with E-state index < -0.39 is 21.7 Å². The van der Waals surface area contributed by atoms with Crippen molar-refractivity contribution >= 4 is 26.6 Å². The van der Waals surface area contributed by atoms with Crippen molar-refractivity contribution in [3.05, 3.63) is 66.4 Å². The monoisotopic (exact) mass is 334 g/mol. The van der Waals surface area contributed by atoms with Gasteiger partial charge in [-0.1, -0.05) is 6.07 Å². The number of halogens is 2. The summed E-state index contributed by atoms with van der Waals surface area (Å²) in [5.41, 5.74) is 0.294. The van der Waals surface area contributed by atoms with E-state index in [0.717, 1.165) is 22.5 Å². The molecule has 0 saturated heterocycles. The van der Waals surface area contributed by atoms with Gasteiger partial charge in [-0.25, -0.2) is 17.2 Å². The van der Waals surface area contributed by atoms with Gasteiger partial charge in [-0.2, -0.15) is 0 Å². The number of fused-ring (bicyclic) bond motifs is 1. The fourth-order valence-electron chi connectivity index (χ4n) is 2.23. The van der Waals surface area contributed by atoms with Crippen molar-refractivity contribution < 1.29 is 17.2 Å². The minimum Gasteiger partial charge on any atom is -0.266 e. The summed E-state index contributed by atoms with van der Waals surface area (Å²) in [6.07, 6.45) is 1.60. The maximum absolute atomic E-state index is 13.8. The number of sulfonamides is 1. The van der Waals surface area contributed by atoms with E-state index in [2.05, 4.69) is 4.98 Å². The molecule has 0 atom stereocenters. The Hall–Kier alpha value is -2.54. The van der Waals surface area contributed by atoms with E-state index in [1.807, 2.05) is 0 Å². The number of nitrogens with zero attached hydrogens (tertiary/aromatic N) is 2. The highest BCUT2D eigenvalue weighted by molar-refractivity contribution is 7.92. The zero-order valence-corrected chi connectivity index (χ0v) is 12.9. The number of rotatable bonds is 3. The van der Waals surface area contributed by atoms with E-state index in [1.54, 1.807) is 24.4 Å². The van der Waals surface area contributed by atoms with Crippen LogP contribution in [0, 0.1) is 11.6 Å². The average molecular weight is 334 g/mol. The Bertz CT molecular complexity index is 990. The van der Waals surface area contributed by atoms with Gasteiger partial charge >= 0.3 is 0 Å². The summed E-state index contributed by atoms with van der Waals surface area (Å²) in [6, 6.07) is 10.5. The first-order chi connectivity index (χ1) is 10.9. The molecule has 2 aromatic carbocycles. The summed E-state index contributed by atoms with van der Waals surface area (Å²) in [7, 11) is -2.84. The van der Waals surface area contributed by atoms with E-state index in [0.29, 0.717) is 10.9 Å². The number of hydrogen-bond acceptors (Lipinski definition) is 3. The second kappa shape index (κ2) is 5.58. The van der Waals surface area contributed by atoms with Gasteiger partial charge in [-0.15, -0.1) is 0 Å². The molecule has 3 aromatic rings. The summed E-state index contributed by atoms with van der Waals surface area (Å²) in [4.78, 5) is 4.09. The Morgan fingerprint density at radius 3 is 2.61 bits per heavy atom. The number of hydrogen-bond donors (Lipinski definition) is 0. The van der Waals surface area contributed by atoms with E-state index in [4.69, 9.17) is 0 Å². The van der Waals surface area contributed by atoms with Crippen LogP contribution in [0.4, 0.5) is 14.5 Å². The first-order valence-electron chi connectivity index (χ1n) is 6.68. The van der Waals surface area contributed by atoms with E-state index in [9.17, 15) is 17.2 Å². The summed E-state index contributed by atoms with van der Waals surface area (Å²) in [6.45, 7) is 0. The lowest BCUT2D eigenvalue weighted by Gasteiger charge is -2.20. The maximum atomic E-state index is 13.8. The summed E-state index contributed by atoms with van der Waals surface area (Å²) in [5.74, 6) is -1.54. The number of benzene rings is 2. The van der Waals surface area contributed by atoms with Crippen LogP contribution in [-0.2, 0) is 10.0 Å². The molecule has 0 bridgehead atoms. The molecule has 0 aliphatic heterocycles. The lowest BCUT2D eigenvalue weighted by molar-refractivity contribution is 0.585. The topological polar surface area (TPSA) is 50.3 Å². The molecule has 0 spiro atoms. The van der Waals surface area contributed by atoms with Gasteiger partial charge in [0.1, 0.15) is 11.6 Å². The Morgan fingerprint density at radius 1 is 1.04 bits per heavy atom. The minimum atomic E-state index is -4.02. The van der Waals surface area contributed by atoms with Crippen LogP contribution >= 0.6 is 0 Å². The van der Waals surface area contributed by atoms with Gasteiger partial charge in [0.05, 0.1) is 16.1 Å². The van der Waals surface area contributed by atoms with Crippen molar-refractivity contribution in [3.8, 4) is 0 Å². The SMILES string of the molecule is CN(c1cc(F)ccc1F)S(=O)(=O)c1ccc2ncccc2c1. The molecule has 3 rings (SSSR count). The van der Waals surface area contributed by atoms with Crippen LogP contribution in [0.1, 0.15) is 0 Å². The van der Waals surface area contributed by atoms with Crippen LogP contribution < -0.4 is 4.31 Å². The zero-order chi connectivity index (χ0) is 16.6. The average Bonchev–Trinajstić information content (AvgIpc) is 2.56. The van der Waals surface area contributed by atoms with Crippen molar-refractivity contribution in [1.29, 1.82) is 0 Å². The number of anilines is 1. The Morgan fingerprint density at radius 2 is 1.83 bits per heavy atom. The molecule has 23 heavy (non-hydrogen) atoms. The molecule has 0 amide bonds. The van der Waals surface area contributed by atoms with Gasteiger partial charge in [0.25, 0.3) is 10.0 Å². The minimum absolute atomic E-state index is 0.0239. The van der Waals surface area contributed by atoms with Crippen LogP contribution in [0.25, 0.3) is 10.9 Å². The first-order valence-corrected chi connectivity index (χ1v) is 8.12.